The normalized spacial score (nSPS) is 15.0. The number of hydrogen-bond acceptors (Lipinski definition) is 5. The van der Waals surface area contributed by atoms with Crippen molar-refractivity contribution in [1.82, 2.24) is 25.0 Å². The molecule has 0 saturated heterocycles. The molecule has 1 aromatic heterocycles. The summed E-state index contributed by atoms with van der Waals surface area (Å²) in [6.07, 6.45) is 1.58. The van der Waals surface area contributed by atoms with Crippen molar-refractivity contribution in [3.05, 3.63) is 23.3 Å². The van der Waals surface area contributed by atoms with Crippen LogP contribution in [0.1, 0.15) is 19.7 Å². The van der Waals surface area contributed by atoms with Gasteiger partial charge in [0.25, 0.3) is 5.91 Å². The molecule has 0 aliphatic carbocycles. The Bertz CT molecular complexity index is 633. The van der Waals surface area contributed by atoms with E-state index in [-0.39, 0.29) is 17.7 Å². The van der Waals surface area contributed by atoms with Gasteiger partial charge in [0, 0.05) is 24.2 Å². The van der Waals surface area contributed by atoms with E-state index in [9.17, 15) is 14.4 Å². The van der Waals surface area contributed by atoms with E-state index in [4.69, 9.17) is 5.11 Å². The van der Waals surface area contributed by atoms with Gasteiger partial charge in [0.05, 0.1) is 6.54 Å². The van der Waals surface area contributed by atoms with Crippen LogP contribution in [-0.2, 0) is 22.7 Å². The zero-order valence-corrected chi connectivity index (χ0v) is 11.7. The molecular formula is C12H15N5O4. The number of nitrogens with one attached hydrogen (secondary N) is 1. The van der Waals surface area contributed by atoms with Gasteiger partial charge in [0.15, 0.2) is 5.82 Å². The minimum absolute atomic E-state index is 0.00368. The summed E-state index contributed by atoms with van der Waals surface area (Å²) in [6.45, 7) is 3.89. The average Bonchev–Trinajstić information content (AvgIpc) is 2.92. The molecular weight excluding hydrogens is 278 g/mol. The van der Waals surface area contributed by atoms with Crippen LogP contribution in [0.25, 0.3) is 0 Å². The Balaban J connectivity index is 2.01. The van der Waals surface area contributed by atoms with Crippen molar-refractivity contribution in [2.45, 2.75) is 26.9 Å². The molecule has 2 heterocycles. The van der Waals surface area contributed by atoms with Gasteiger partial charge < -0.3 is 14.6 Å². The van der Waals surface area contributed by atoms with Crippen LogP contribution in [0.4, 0.5) is 4.79 Å². The second kappa shape index (κ2) is 5.73. The lowest BCUT2D eigenvalue weighted by molar-refractivity contribution is -0.133. The number of hydrogen-bond donors (Lipinski definition) is 2. The van der Waals surface area contributed by atoms with Crippen LogP contribution in [0.2, 0.25) is 0 Å². The number of rotatable bonds is 2. The highest BCUT2D eigenvalue weighted by Gasteiger charge is 2.24. The molecule has 2 rings (SSSR count). The van der Waals surface area contributed by atoms with Gasteiger partial charge in [-0.1, -0.05) is 0 Å². The number of amides is 3. The molecule has 0 unspecified atom stereocenters. The van der Waals surface area contributed by atoms with Crippen molar-refractivity contribution in [3.8, 4) is 0 Å². The number of carboxylic acid groups (broad SMARTS) is 1. The van der Waals surface area contributed by atoms with Gasteiger partial charge in [-0.2, -0.15) is 0 Å². The monoisotopic (exact) mass is 293 g/mol. The molecule has 0 aromatic carbocycles. The Morgan fingerprint density at radius 1 is 1.24 bits per heavy atom. The molecule has 0 bridgehead atoms. The molecule has 9 heteroatoms. The molecule has 0 atom stereocenters. The van der Waals surface area contributed by atoms with Gasteiger partial charge in [0.1, 0.15) is 6.33 Å². The quantitative estimate of drug-likeness (QED) is 0.726. The molecule has 112 valence electrons. The topological polar surface area (TPSA) is 117 Å². The second-order valence-electron chi connectivity index (χ2n) is 4.68. The van der Waals surface area contributed by atoms with Crippen LogP contribution >= 0.6 is 0 Å². The minimum atomic E-state index is -1.19. The maximum Gasteiger partial charge on any atom is 0.331 e. The van der Waals surface area contributed by atoms with Crippen molar-refractivity contribution < 1.29 is 19.5 Å². The van der Waals surface area contributed by atoms with E-state index in [0.717, 1.165) is 0 Å². The van der Waals surface area contributed by atoms with Crippen molar-refractivity contribution in [2.24, 2.45) is 0 Å². The molecule has 3 amide bonds. The van der Waals surface area contributed by atoms with Crippen LogP contribution < -0.4 is 5.32 Å². The van der Waals surface area contributed by atoms with Gasteiger partial charge >= 0.3 is 12.0 Å². The summed E-state index contributed by atoms with van der Waals surface area (Å²) in [5.74, 6) is -1.27. The lowest BCUT2D eigenvalue weighted by atomic mass is 10.1. The molecule has 9 nitrogen and oxygen atoms in total. The highest BCUT2D eigenvalue weighted by atomic mass is 16.4. The van der Waals surface area contributed by atoms with E-state index in [1.807, 2.05) is 4.57 Å². The maximum atomic E-state index is 12.0. The zero-order valence-electron chi connectivity index (χ0n) is 11.7. The predicted molar refractivity (Wildman–Crippen MR) is 70.0 cm³/mol. The molecule has 1 aliphatic heterocycles. The second-order valence-corrected chi connectivity index (χ2v) is 4.68. The Morgan fingerprint density at radius 3 is 2.62 bits per heavy atom. The fourth-order valence-corrected chi connectivity index (χ4v) is 1.84. The standard InChI is InChI=1S/C12H15N5O4/c1-7(8(2)11(19)20)10(18)14-12(21)16-3-4-17-6-13-15-9(17)5-16/h6H,3-5H2,1-2H3,(H,19,20)(H,14,18,21). The number of carbonyl (C=O) groups excluding carboxylic acids is 2. The number of carboxylic acids is 1. The molecule has 0 fully saturated rings. The lowest BCUT2D eigenvalue weighted by Crippen LogP contribution is -2.46. The summed E-state index contributed by atoms with van der Waals surface area (Å²) < 4.78 is 1.82. The smallest absolute Gasteiger partial charge is 0.331 e. The van der Waals surface area contributed by atoms with E-state index < -0.39 is 17.9 Å². The third kappa shape index (κ3) is 3.07. The average molecular weight is 293 g/mol. The van der Waals surface area contributed by atoms with E-state index in [1.165, 1.54) is 18.7 Å². The van der Waals surface area contributed by atoms with Crippen LogP contribution in [0.3, 0.4) is 0 Å². The zero-order chi connectivity index (χ0) is 15.6. The van der Waals surface area contributed by atoms with Crippen molar-refractivity contribution in [1.29, 1.82) is 0 Å². The molecule has 0 saturated carbocycles. The Morgan fingerprint density at radius 2 is 1.95 bits per heavy atom. The fourth-order valence-electron chi connectivity index (χ4n) is 1.84. The third-order valence-corrected chi connectivity index (χ3v) is 3.37. The Hall–Kier alpha value is -2.71. The molecule has 2 N–H and O–H groups in total. The van der Waals surface area contributed by atoms with Gasteiger partial charge in [-0.05, 0) is 13.8 Å². The molecule has 0 spiro atoms. The number of fused-ring (bicyclic) bond motifs is 1. The van der Waals surface area contributed by atoms with Gasteiger partial charge in [-0.15, -0.1) is 10.2 Å². The lowest BCUT2D eigenvalue weighted by Gasteiger charge is -2.26. The molecule has 0 radical (unpaired) electrons. The fraction of sp³-hybridized carbons (Fsp3) is 0.417. The SMILES string of the molecule is CC(C(=O)O)=C(C)C(=O)NC(=O)N1CCn2cnnc2C1. The number of carbonyl (C=O) groups is 3. The van der Waals surface area contributed by atoms with Crippen LogP contribution in [0.15, 0.2) is 17.5 Å². The highest BCUT2D eigenvalue weighted by molar-refractivity contribution is 6.07. The Labute approximate surface area is 120 Å². The number of urea groups is 1. The van der Waals surface area contributed by atoms with Gasteiger partial charge in [-0.25, -0.2) is 9.59 Å². The number of imide groups is 1. The van der Waals surface area contributed by atoms with Crippen LogP contribution in [0.5, 0.6) is 0 Å². The number of aromatic nitrogens is 3. The Kier molecular flexibility index (Phi) is 4.01. The first-order valence-electron chi connectivity index (χ1n) is 6.28. The first-order chi connectivity index (χ1) is 9.90. The van der Waals surface area contributed by atoms with E-state index in [0.29, 0.717) is 18.9 Å². The van der Waals surface area contributed by atoms with Gasteiger partial charge in [0.2, 0.25) is 0 Å². The van der Waals surface area contributed by atoms with E-state index in [1.54, 1.807) is 6.33 Å². The highest BCUT2D eigenvalue weighted by Crippen LogP contribution is 2.09. The third-order valence-electron chi connectivity index (χ3n) is 3.37. The molecule has 1 aromatic rings. The summed E-state index contributed by atoms with van der Waals surface area (Å²) in [7, 11) is 0. The largest absolute Gasteiger partial charge is 0.478 e. The van der Waals surface area contributed by atoms with E-state index in [2.05, 4.69) is 15.5 Å². The van der Waals surface area contributed by atoms with Crippen molar-refractivity contribution in [2.75, 3.05) is 6.54 Å². The summed E-state index contributed by atoms with van der Waals surface area (Å²) >= 11 is 0. The molecule has 21 heavy (non-hydrogen) atoms. The summed E-state index contributed by atoms with van der Waals surface area (Å²) in [4.78, 5) is 36.0. The maximum absolute atomic E-state index is 12.0. The van der Waals surface area contributed by atoms with Crippen LogP contribution in [-0.4, -0.2) is 49.2 Å². The van der Waals surface area contributed by atoms with Crippen LogP contribution in [0, 0.1) is 0 Å². The minimum Gasteiger partial charge on any atom is -0.478 e. The summed E-state index contributed by atoms with van der Waals surface area (Å²) in [5.41, 5.74) is -0.102. The number of nitrogens with zero attached hydrogens (tertiary/aromatic N) is 4. The number of aliphatic carboxylic acids is 1. The molecule has 1 aliphatic rings. The van der Waals surface area contributed by atoms with Crippen molar-refractivity contribution >= 4 is 17.9 Å². The predicted octanol–water partition coefficient (Wildman–Crippen LogP) is -0.249. The van der Waals surface area contributed by atoms with Crippen molar-refractivity contribution in [3.63, 3.8) is 0 Å². The first kappa shape index (κ1) is 14.7. The first-order valence-corrected chi connectivity index (χ1v) is 6.28. The van der Waals surface area contributed by atoms with E-state index >= 15 is 0 Å². The summed E-state index contributed by atoms with van der Waals surface area (Å²) in [6, 6.07) is -0.577. The van der Waals surface area contributed by atoms with Gasteiger partial charge in [-0.3, -0.25) is 10.1 Å². The summed E-state index contributed by atoms with van der Waals surface area (Å²) in [5, 5.41) is 18.6.